The minimum atomic E-state index is -4.43. The van der Waals surface area contributed by atoms with Crippen molar-refractivity contribution in [2.45, 2.75) is 12.6 Å². The molecular formula is C10H10ClF3N2. The van der Waals surface area contributed by atoms with Crippen LogP contribution in [0, 0.1) is 0 Å². The van der Waals surface area contributed by atoms with E-state index in [2.05, 4.69) is 4.98 Å². The summed E-state index contributed by atoms with van der Waals surface area (Å²) in [6.45, 7) is 0.386. The molecule has 16 heavy (non-hydrogen) atoms. The molecule has 88 valence electrons. The zero-order valence-electron chi connectivity index (χ0n) is 8.26. The molecule has 0 saturated carbocycles. The van der Waals surface area contributed by atoms with Gasteiger partial charge in [-0.2, -0.15) is 13.2 Å². The maximum absolute atomic E-state index is 12.5. The van der Waals surface area contributed by atoms with Crippen LogP contribution in [0.25, 0.3) is 6.08 Å². The molecule has 0 saturated heterocycles. The number of rotatable bonds is 3. The van der Waals surface area contributed by atoms with Gasteiger partial charge in [-0.15, -0.1) is 0 Å². The molecule has 0 amide bonds. The van der Waals surface area contributed by atoms with E-state index in [1.54, 1.807) is 6.08 Å². The Morgan fingerprint density at radius 2 is 2.12 bits per heavy atom. The van der Waals surface area contributed by atoms with Crippen molar-refractivity contribution >= 4 is 17.7 Å². The van der Waals surface area contributed by atoms with E-state index in [1.807, 2.05) is 0 Å². The van der Waals surface area contributed by atoms with Gasteiger partial charge in [0.25, 0.3) is 0 Å². The lowest BCUT2D eigenvalue weighted by Crippen LogP contribution is -2.08. The average Bonchev–Trinajstić information content (AvgIpc) is 2.16. The third kappa shape index (κ3) is 3.50. The summed E-state index contributed by atoms with van der Waals surface area (Å²) in [4.78, 5) is 3.42. The van der Waals surface area contributed by atoms with Gasteiger partial charge < -0.3 is 5.73 Å². The zero-order chi connectivity index (χ0) is 12.2. The molecule has 1 rings (SSSR count). The standard InChI is InChI=1S/C10H10ClF3N2/c11-9-5-7(3-1-2-4-15)8(6-16-9)10(12,13)14/h1,3,5-6H,2,4,15H2. The predicted molar refractivity (Wildman–Crippen MR) is 57.0 cm³/mol. The molecule has 1 aromatic heterocycles. The van der Waals surface area contributed by atoms with Gasteiger partial charge in [0.2, 0.25) is 0 Å². The van der Waals surface area contributed by atoms with Gasteiger partial charge in [0.15, 0.2) is 0 Å². The molecule has 0 unspecified atom stereocenters. The average molecular weight is 251 g/mol. The molecular weight excluding hydrogens is 241 g/mol. The molecule has 2 nitrogen and oxygen atoms in total. The topological polar surface area (TPSA) is 38.9 Å². The first-order valence-corrected chi connectivity index (χ1v) is 4.92. The summed E-state index contributed by atoms with van der Waals surface area (Å²) >= 11 is 5.54. The molecule has 2 N–H and O–H groups in total. The number of aromatic nitrogens is 1. The van der Waals surface area contributed by atoms with Crippen molar-refractivity contribution in [1.82, 2.24) is 4.98 Å². The highest BCUT2D eigenvalue weighted by Gasteiger charge is 2.33. The summed E-state index contributed by atoms with van der Waals surface area (Å²) in [5.41, 5.74) is 4.43. The highest BCUT2D eigenvalue weighted by molar-refractivity contribution is 6.29. The van der Waals surface area contributed by atoms with E-state index < -0.39 is 11.7 Å². The van der Waals surface area contributed by atoms with Crippen LogP contribution in [-0.2, 0) is 6.18 Å². The van der Waals surface area contributed by atoms with Crippen LogP contribution in [0.5, 0.6) is 0 Å². The fraction of sp³-hybridized carbons (Fsp3) is 0.300. The second-order valence-corrected chi connectivity index (χ2v) is 3.46. The van der Waals surface area contributed by atoms with Crippen molar-refractivity contribution in [3.05, 3.63) is 34.6 Å². The Kier molecular flexibility index (Phi) is 4.32. The Balaban J connectivity index is 3.09. The molecule has 0 radical (unpaired) electrons. The summed E-state index contributed by atoms with van der Waals surface area (Å²) in [6.07, 6.45) is -0.272. The molecule has 0 atom stereocenters. The van der Waals surface area contributed by atoms with Crippen molar-refractivity contribution < 1.29 is 13.2 Å². The molecule has 1 heterocycles. The van der Waals surface area contributed by atoms with E-state index in [9.17, 15) is 13.2 Å². The SMILES string of the molecule is NCCC=Cc1cc(Cl)ncc1C(F)(F)F. The van der Waals surface area contributed by atoms with Crippen LogP contribution in [0.1, 0.15) is 17.5 Å². The summed E-state index contributed by atoms with van der Waals surface area (Å²) in [5, 5.41) is 0.0281. The molecule has 0 aliphatic heterocycles. The molecule has 0 spiro atoms. The van der Waals surface area contributed by atoms with Gasteiger partial charge in [0, 0.05) is 6.20 Å². The molecule has 0 fully saturated rings. The van der Waals surface area contributed by atoms with E-state index in [1.165, 1.54) is 12.1 Å². The minimum Gasteiger partial charge on any atom is -0.330 e. The Morgan fingerprint density at radius 1 is 1.44 bits per heavy atom. The number of hydrogen-bond donors (Lipinski definition) is 1. The maximum Gasteiger partial charge on any atom is 0.418 e. The highest BCUT2D eigenvalue weighted by atomic mass is 35.5. The molecule has 0 aromatic carbocycles. The summed E-state index contributed by atoms with van der Waals surface area (Å²) in [5.74, 6) is 0. The number of hydrogen-bond acceptors (Lipinski definition) is 2. The third-order valence-corrected chi connectivity index (χ3v) is 2.05. The fourth-order valence-corrected chi connectivity index (χ4v) is 1.29. The largest absolute Gasteiger partial charge is 0.418 e. The van der Waals surface area contributed by atoms with E-state index in [0.29, 0.717) is 13.0 Å². The number of pyridine rings is 1. The van der Waals surface area contributed by atoms with Crippen LogP contribution in [0.2, 0.25) is 5.15 Å². The van der Waals surface area contributed by atoms with E-state index in [-0.39, 0.29) is 10.7 Å². The van der Waals surface area contributed by atoms with Gasteiger partial charge in [-0.25, -0.2) is 4.98 Å². The molecule has 0 bridgehead atoms. The van der Waals surface area contributed by atoms with Crippen LogP contribution in [0.4, 0.5) is 13.2 Å². The van der Waals surface area contributed by atoms with Crippen LogP contribution in [0.15, 0.2) is 18.3 Å². The number of nitrogens with two attached hydrogens (primary N) is 1. The quantitative estimate of drug-likeness (QED) is 0.837. The summed E-state index contributed by atoms with van der Waals surface area (Å²) < 4.78 is 37.6. The molecule has 1 aromatic rings. The lowest BCUT2D eigenvalue weighted by molar-refractivity contribution is -0.137. The van der Waals surface area contributed by atoms with Crippen molar-refractivity contribution in [3.8, 4) is 0 Å². The Morgan fingerprint density at radius 3 is 2.69 bits per heavy atom. The monoisotopic (exact) mass is 250 g/mol. The van der Waals surface area contributed by atoms with Gasteiger partial charge in [0.05, 0.1) is 5.56 Å². The Labute approximate surface area is 95.9 Å². The Bertz CT molecular complexity index is 388. The van der Waals surface area contributed by atoms with E-state index in [4.69, 9.17) is 17.3 Å². The van der Waals surface area contributed by atoms with Crippen molar-refractivity contribution in [3.63, 3.8) is 0 Å². The van der Waals surface area contributed by atoms with Crippen molar-refractivity contribution in [2.24, 2.45) is 5.73 Å². The van der Waals surface area contributed by atoms with Crippen LogP contribution in [-0.4, -0.2) is 11.5 Å². The van der Waals surface area contributed by atoms with Gasteiger partial charge in [-0.05, 0) is 24.6 Å². The normalized spacial score (nSPS) is 12.3. The first kappa shape index (κ1) is 13.0. The van der Waals surface area contributed by atoms with Crippen molar-refractivity contribution in [2.75, 3.05) is 6.54 Å². The highest BCUT2D eigenvalue weighted by Crippen LogP contribution is 2.32. The van der Waals surface area contributed by atoms with Crippen LogP contribution < -0.4 is 5.73 Å². The molecule has 6 heteroatoms. The van der Waals surface area contributed by atoms with Crippen molar-refractivity contribution in [1.29, 1.82) is 0 Å². The first-order valence-electron chi connectivity index (χ1n) is 4.54. The number of alkyl halides is 3. The van der Waals surface area contributed by atoms with Crippen LogP contribution in [0.3, 0.4) is 0 Å². The summed E-state index contributed by atoms with van der Waals surface area (Å²) in [6, 6.07) is 1.18. The van der Waals surface area contributed by atoms with Gasteiger partial charge in [-0.1, -0.05) is 23.8 Å². The first-order chi connectivity index (χ1) is 7.45. The maximum atomic E-state index is 12.5. The third-order valence-electron chi connectivity index (χ3n) is 1.84. The lowest BCUT2D eigenvalue weighted by Gasteiger charge is -2.09. The second-order valence-electron chi connectivity index (χ2n) is 3.07. The minimum absolute atomic E-state index is 0.000880. The Hall–Kier alpha value is -1.07. The van der Waals surface area contributed by atoms with Gasteiger partial charge in [0.1, 0.15) is 5.15 Å². The number of halogens is 4. The zero-order valence-corrected chi connectivity index (χ0v) is 9.02. The molecule has 0 aliphatic rings. The van der Waals surface area contributed by atoms with Gasteiger partial charge >= 0.3 is 6.18 Å². The fourth-order valence-electron chi connectivity index (χ4n) is 1.13. The smallest absolute Gasteiger partial charge is 0.330 e. The predicted octanol–water partition coefficient (Wildman–Crippen LogP) is 3.12. The summed E-state index contributed by atoms with van der Waals surface area (Å²) in [7, 11) is 0. The second kappa shape index (κ2) is 5.32. The molecule has 0 aliphatic carbocycles. The van der Waals surface area contributed by atoms with E-state index in [0.717, 1.165) is 6.20 Å². The van der Waals surface area contributed by atoms with Gasteiger partial charge in [-0.3, -0.25) is 0 Å². The van der Waals surface area contributed by atoms with E-state index >= 15 is 0 Å². The van der Waals surface area contributed by atoms with Crippen LogP contribution >= 0.6 is 11.6 Å². The number of nitrogens with zero attached hydrogens (tertiary/aromatic N) is 1. The lowest BCUT2D eigenvalue weighted by atomic mass is 10.1.